The molecule has 1 N–H and O–H groups in total. The van der Waals surface area contributed by atoms with Crippen LogP contribution in [0.5, 0.6) is 0 Å². The first-order chi connectivity index (χ1) is 9.57. The first-order valence-corrected chi connectivity index (χ1v) is 8.45. The Morgan fingerprint density at radius 1 is 1.29 bits per heavy atom. The second-order valence-electron chi connectivity index (χ2n) is 5.08. The number of hydrogen-bond donors (Lipinski definition) is 1. The molecule has 0 atom stereocenters. The van der Waals surface area contributed by atoms with E-state index < -0.39 is 16.0 Å². The third kappa shape index (κ3) is 4.32. The van der Waals surface area contributed by atoms with Crippen molar-refractivity contribution in [1.82, 2.24) is 4.31 Å². The quantitative estimate of drug-likeness (QED) is 0.850. The molecule has 1 rings (SSSR count). The summed E-state index contributed by atoms with van der Waals surface area (Å²) in [5, 5.41) is 8.83. The Morgan fingerprint density at radius 2 is 1.86 bits per heavy atom. The molecule has 1 aromatic carbocycles. The first kappa shape index (κ1) is 18.2. The Labute approximate surface area is 134 Å². The maximum atomic E-state index is 12.5. The molecule has 0 bridgehead atoms. The van der Waals surface area contributed by atoms with Crippen LogP contribution in [0.4, 0.5) is 0 Å². The highest BCUT2D eigenvalue weighted by Crippen LogP contribution is 2.30. The van der Waals surface area contributed by atoms with Gasteiger partial charge in [-0.05, 0) is 24.5 Å². The van der Waals surface area contributed by atoms with Crippen molar-refractivity contribution < 1.29 is 18.3 Å². The zero-order valence-electron chi connectivity index (χ0n) is 11.9. The van der Waals surface area contributed by atoms with Gasteiger partial charge in [0.05, 0.1) is 15.6 Å². The molecular weight excluding hydrogens is 337 g/mol. The standard InChI is InChI=1S/C13H17Cl2NO4S/c1-8(2)4-5-16(3)21(19,20)12-6-9(13(17)18)10(14)7-11(12)15/h6-8H,4-5H2,1-3H3,(H,17,18). The summed E-state index contributed by atoms with van der Waals surface area (Å²) in [5.74, 6) is -0.962. The first-order valence-electron chi connectivity index (χ1n) is 6.26. The molecule has 0 aliphatic rings. The van der Waals surface area contributed by atoms with Gasteiger partial charge in [0, 0.05) is 13.6 Å². The van der Waals surface area contributed by atoms with Crippen LogP contribution in [0.25, 0.3) is 0 Å². The van der Waals surface area contributed by atoms with Crippen molar-refractivity contribution in [3.63, 3.8) is 0 Å². The van der Waals surface area contributed by atoms with Gasteiger partial charge in [-0.25, -0.2) is 17.5 Å². The normalized spacial score (nSPS) is 12.1. The summed E-state index contributed by atoms with van der Waals surface area (Å²) in [6.07, 6.45) is 0.687. The number of aromatic carboxylic acids is 1. The van der Waals surface area contributed by atoms with Crippen LogP contribution in [0.1, 0.15) is 30.6 Å². The van der Waals surface area contributed by atoms with Gasteiger partial charge in [-0.1, -0.05) is 37.0 Å². The van der Waals surface area contributed by atoms with Crippen LogP contribution in [0.3, 0.4) is 0 Å². The van der Waals surface area contributed by atoms with E-state index in [-0.39, 0.29) is 20.5 Å². The molecule has 0 amide bonds. The number of benzene rings is 1. The smallest absolute Gasteiger partial charge is 0.337 e. The SMILES string of the molecule is CC(C)CCN(C)S(=O)(=O)c1cc(C(=O)O)c(Cl)cc1Cl. The van der Waals surface area contributed by atoms with Crippen LogP contribution >= 0.6 is 23.2 Å². The molecule has 8 heteroatoms. The summed E-state index contributed by atoms with van der Waals surface area (Å²) in [6.45, 7) is 4.29. The minimum absolute atomic E-state index is 0.0959. The molecule has 0 unspecified atom stereocenters. The predicted molar refractivity (Wildman–Crippen MR) is 82.7 cm³/mol. The summed E-state index contributed by atoms with van der Waals surface area (Å²) in [4.78, 5) is 10.8. The summed E-state index contributed by atoms with van der Waals surface area (Å²) >= 11 is 11.7. The van der Waals surface area contributed by atoms with Gasteiger partial charge in [0.2, 0.25) is 10.0 Å². The van der Waals surface area contributed by atoms with Crippen LogP contribution in [-0.2, 0) is 10.0 Å². The number of rotatable bonds is 6. The largest absolute Gasteiger partial charge is 0.478 e. The fraction of sp³-hybridized carbons (Fsp3) is 0.462. The van der Waals surface area contributed by atoms with Gasteiger partial charge in [-0.2, -0.15) is 0 Å². The van der Waals surface area contributed by atoms with Crippen LogP contribution in [0, 0.1) is 5.92 Å². The predicted octanol–water partition coefficient (Wildman–Crippen LogP) is 3.36. The van der Waals surface area contributed by atoms with Crippen LogP contribution in [-0.4, -0.2) is 37.4 Å². The highest BCUT2D eigenvalue weighted by atomic mass is 35.5. The van der Waals surface area contributed by atoms with Crippen molar-refractivity contribution >= 4 is 39.2 Å². The Morgan fingerprint density at radius 3 is 2.33 bits per heavy atom. The second kappa shape index (κ2) is 6.96. The lowest BCUT2D eigenvalue weighted by molar-refractivity contribution is 0.0697. The summed E-state index contributed by atoms with van der Waals surface area (Å²) in [5.41, 5.74) is -0.295. The number of carboxylic acids is 1. The zero-order valence-corrected chi connectivity index (χ0v) is 14.3. The van der Waals surface area contributed by atoms with Gasteiger partial charge < -0.3 is 5.11 Å². The van der Waals surface area contributed by atoms with Crippen LogP contribution in [0.15, 0.2) is 17.0 Å². The van der Waals surface area contributed by atoms with Gasteiger partial charge in [-0.3, -0.25) is 0 Å². The van der Waals surface area contributed by atoms with Gasteiger partial charge in [0.1, 0.15) is 4.90 Å². The van der Waals surface area contributed by atoms with Crippen molar-refractivity contribution in [3.05, 3.63) is 27.7 Å². The zero-order chi connectivity index (χ0) is 16.4. The second-order valence-corrected chi connectivity index (χ2v) is 7.90. The number of sulfonamides is 1. The molecule has 0 saturated heterocycles. The minimum Gasteiger partial charge on any atom is -0.478 e. The fourth-order valence-corrected chi connectivity index (χ4v) is 3.63. The van der Waals surface area contributed by atoms with E-state index >= 15 is 0 Å². The Balaban J connectivity index is 3.25. The maximum absolute atomic E-state index is 12.5. The molecular formula is C13H17Cl2NO4S. The van der Waals surface area contributed by atoms with E-state index in [1.165, 1.54) is 7.05 Å². The minimum atomic E-state index is -3.86. The molecule has 0 spiro atoms. The van der Waals surface area contributed by atoms with Gasteiger partial charge >= 0.3 is 5.97 Å². The molecule has 0 fully saturated rings. The maximum Gasteiger partial charge on any atom is 0.337 e. The molecule has 118 valence electrons. The molecule has 0 aliphatic heterocycles. The highest BCUT2D eigenvalue weighted by Gasteiger charge is 2.26. The lowest BCUT2D eigenvalue weighted by Gasteiger charge is -2.19. The number of carboxylic acid groups (broad SMARTS) is 1. The lowest BCUT2D eigenvalue weighted by atomic mass is 10.1. The van der Waals surface area contributed by atoms with E-state index in [4.69, 9.17) is 28.3 Å². The Kier molecular flexibility index (Phi) is 6.04. The van der Waals surface area contributed by atoms with E-state index in [0.29, 0.717) is 18.9 Å². The molecule has 0 aliphatic carbocycles. The number of carbonyl (C=O) groups is 1. The molecule has 0 saturated carbocycles. The highest BCUT2D eigenvalue weighted by molar-refractivity contribution is 7.89. The summed E-state index contributed by atoms with van der Waals surface area (Å²) < 4.78 is 26.1. The van der Waals surface area contributed by atoms with E-state index in [2.05, 4.69) is 0 Å². The Bertz CT molecular complexity index is 644. The number of halogens is 2. The molecule has 0 aromatic heterocycles. The van der Waals surface area contributed by atoms with Gasteiger partial charge in [0.25, 0.3) is 0 Å². The fourth-order valence-electron chi connectivity index (χ4n) is 1.62. The van der Waals surface area contributed by atoms with Gasteiger partial charge in [0.15, 0.2) is 0 Å². The van der Waals surface area contributed by atoms with Crippen molar-refractivity contribution in [2.75, 3.05) is 13.6 Å². The topological polar surface area (TPSA) is 74.7 Å². The average Bonchev–Trinajstić information content (AvgIpc) is 2.34. The van der Waals surface area contributed by atoms with Crippen LogP contribution < -0.4 is 0 Å². The number of hydrogen-bond acceptors (Lipinski definition) is 3. The van der Waals surface area contributed by atoms with Crippen molar-refractivity contribution in [1.29, 1.82) is 0 Å². The molecule has 1 aromatic rings. The van der Waals surface area contributed by atoms with E-state index in [1.807, 2.05) is 13.8 Å². The van der Waals surface area contributed by atoms with E-state index in [1.54, 1.807) is 0 Å². The lowest BCUT2D eigenvalue weighted by Crippen LogP contribution is -2.29. The molecule has 0 heterocycles. The monoisotopic (exact) mass is 353 g/mol. The summed E-state index contributed by atoms with van der Waals surface area (Å²) in [6, 6.07) is 2.13. The third-order valence-electron chi connectivity index (χ3n) is 2.96. The van der Waals surface area contributed by atoms with Gasteiger partial charge in [-0.15, -0.1) is 0 Å². The van der Waals surface area contributed by atoms with Crippen molar-refractivity contribution in [2.24, 2.45) is 5.92 Å². The summed E-state index contributed by atoms with van der Waals surface area (Å²) in [7, 11) is -2.43. The Hall–Kier alpha value is -0.820. The van der Waals surface area contributed by atoms with Crippen molar-refractivity contribution in [3.8, 4) is 0 Å². The molecule has 5 nitrogen and oxygen atoms in total. The average molecular weight is 354 g/mol. The van der Waals surface area contributed by atoms with E-state index in [0.717, 1.165) is 16.4 Å². The third-order valence-corrected chi connectivity index (χ3v) is 5.60. The van der Waals surface area contributed by atoms with E-state index in [9.17, 15) is 13.2 Å². The number of nitrogens with zero attached hydrogens (tertiary/aromatic N) is 1. The molecule has 0 radical (unpaired) electrons. The molecule has 21 heavy (non-hydrogen) atoms. The van der Waals surface area contributed by atoms with Crippen LogP contribution in [0.2, 0.25) is 10.0 Å². The van der Waals surface area contributed by atoms with Crippen molar-refractivity contribution in [2.45, 2.75) is 25.2 Å².